The summed E-state index contributed by atoms with van der Waals surface area (Å²) in [7, 11) is 0. The fourth-order valence-electron chi connectivity index (χ4n) is 3.76. The van der Waals surface area contributed by atoms with Crippen LogP contribution in [-0.4, -0.2) is 46.3 Å². The van der Waals surface area contributed by atoms with Crippen molar-refractivity contribution in [3.63, 3.8) is 0 Å². The zero-order valence-electron chi connectivity index (χ0n) is 15.7. The van der Waals surface area contributed by atoms with Crippen LogP contribution in [0.3, 0.4) is 0 Å². The zero-order chi connectivity index (χ0) is 20.4. The second-order valence-corrected chi connectivity index (χ2v) is 7.24. The number of aliphatic carboxylic acids is 1. The molecule has 1 saturated heterocycles. The number of benzene rings is 1. The van der Waals surface area contributed by atoms with E-state index in [1.807, 2.05) is 0 Å². The van der Waals surface area contributed by atoms with Crippen molar-refractivity contribution in [1.29, 1.82) is 0 Å². The molecule has 1 aromatic carbocycles. The summed E-state index contributed by atoms with van der Waals surface area (Å²) in [4.78, 5) is 32.7. The number of anilines is 2. The number of ether oxygens (including phenoxy) is 1. The summed E-state index contributed by atoms with van der Waals surface area (Å²) in [6.45, 7) is 0.767. The quantitative estimate of drug-likeness (QED) is 0.793. The fraction of sp³-hybridized carbons (Fsp3) is 0.400. The molecule has 2 aromatic rings. The van der Waals surface area contributed by atoms with E-state index in [0.717, 1.165) is 6.20 Å². The molecule has 8 nitrogen and oxygen atoms in total. The van der Waals surface area contributed by atoms with Crippen LogP contribution in [0.25, 0.3) is 11.3 Å². The first-order valence-electron chi connectivity index (χ1n) is 9.58. The Balaban J connectivity index is 1.52. The third-order valence-electron chi connectivity index (χ3n) is 5.35. The molecule has 1 aromatic heterocycles. The van der Waals surface area contributed by atoms with Gasteiger partial charge in [0.05, 0.1) is 18.7 Å². The minimum Gasteiger partial charge on any atom is -0.481 e. The highest BCUT2D eigenvalue weighted by atomic mass is 19.1. The Bertz CT molecular complexity index is 930. The van der Waals surface area contributed by atoms with Crippen molar-refractivity contribution in [2.24, 2.45) is 5.92 Å². The van der Waals surface area contributed by atoms with Gasteiger partial charge in [0.25, 0.3) is 0 Å². The number of aromatic nitrogens is 2. The highest BCUT2D eigenvalue weighted by Gasteiger charge is 2.27. The maximum Gasteiger partial charge on any atom is 0.414 e. The van der Waals surface area contributed by atoms with Crippen LogP contribution in [0.4, 0.5) is 20.8 Å². The molecule has 29 heavy (non-hydrogen) atoms. The first kappa shape index (κ1) is 19.1. The van der Waals surface area contributed by atoms with Crippen LogP contribution in [0, 0.1) is 11.7 Å². The number of hydrogen-bond donors (Lipinski definition) is 2. The zero-order valence-corrected chi connectivity index (χ0v) is 15.7. The molecule has 1 aliphatic carbocycles. The van der Waals surface area contributed by atoms with Gasteiger partial charge < -0.3 is 15.2 Å². The van der Waals surface area contributed by atoms with Crippen molar-refractivity contribution in [2.45, 2.75) is 31.7 Å². The molecular weight excluding hydrogens is 379 g/mol. The van der Waals surface area contributed by atoms with E-state index in [9.17, 15) is 14.0 Å². The standard InChI is InChI=1S/C20H21FN4O4/c21-16-11-22-19(23-14-6-4-12(5-7-14)18(26)27)24-17(16)13-2-1-3-15(10-13)25-8-9-29-20(25)28/h1-3,10-12,14H,4-9H2,(H,26,27)(H,22,23,24)/t12-,14-. The van der Waals surface area contributed by atoms with Crippen molar-refractivity contribution in [3.05, 3.63) is 36.3 Å². The molecule has 0 spiro atoms. The van der Waals surface area contributed by atoms with Crippen molar-refractivity contribution in [3.8, 4) is 11.3 Å². The minimum atomic E-state index is -0.759. The van der Waals surface area contributed by atoms with E-state index < -0.39 is 17.9 Å². The molecule has 0 radical (unpaired) electrons. The SMILES string of the molecule is O=C1OCCN1c1cccc(-c2nc(N[C@H]3CC[C@H](C(=O)O)CC3)ncc2F)c1. The van der Waals surface area contributed by atoms with Crippen LogP contribution in [0.15, 0.2) is 30.5 Å². The first-order valence-corrected chi connectivity index (χ1v) is 9.58. The molecule has 1 amide bonds. The van der Waals surface area contributed by atoms with Crippen LogP contribution in [0.2, 0.25) is 0 Å². The van der Waals surface area contributed by atoms with Gasteiger partial charge in [-0.2, -0.15) is 0 Å². The van der Waals surface area contributed by atoms with Gasteiger partial charge in [-0.3, -0.25) is 9.69 Å². The number of cyclic esters (lactones) is 1. The lowest BCUT2D eigenvalue weighted by molar-refractivity contribution is -0.142. The lowest BCUT2D eigenvalue weighted by Crippen LogP contribution is -2.29. The molecule has 9 heteroatoms. The molecule has 152 valence electrons. The molecule has 2 N–H and O–H groups in total. The number of amides is 1. The Labute approximate surface area is 166 Å². The maximum atomic E-state index is 14.4. The summed E-state index contributed by atoms with van der Waals surface area (Å²) >= 11 is 0. The van der Waals surface area contributed by atoms with E-state index in [1.54, 1.807) is 24.3 Å². The van der Waals surface area contributed by atoms with Gasteiger partial charge in [-0.1, -0.05) is 12.1 Å². The van der Waals surface area contributed by atoms with Crippen molar-refractivity contribution in [2.75, 3.05) is 23.4 Å². The molecule has 0 bridgehead atoms. The minimum absolute atomic E-state index is 0.0506. The predicted molar refractivity (Wildman–Crippen MR) is 103 cm³/mol. The summed E-state index contributed by atoms with van der Waals surface area (Å²) in [6, 6.07) is 6.96. The van der Waals surface area contributed by atoms with Gasteiger partial charge in [-0.15, -0.1) is 0 Å². The van der Waals surface area contributed by atoms with E-state index >= 15 is 0 Å². The highest BCUT2D eigenvalue weighted by molar-refractivity contribution is 5.90. The van der Waals surface area contributed by atoms with Gasteiger partial charge in [-0.25, -0.2) is 19.2 Å². The Kier molecular flexibility index (Phi) is 5.28. The fourth-order valence-corrected chi connectivity index (χ4v) is 3.76. The molecule has 2 aliphatic rings. The molecule has 0 unspecified atom stereocenters. The topological polar surface area (TPSA) is 105 Å². The number of carbonyl (C=O) groups excluding carboxylic acids is 1. The van der Waals surface area contributed by atoms with E-state index in [2.05, 4.69) is 15.3 Å². The van der Waals surface area contributed by atoms with E-state index in [1.165, 1.54) is 4.90 Å². The smallest absolute Gasteiger partial charge is 0.414 e. The van der Waals surface area contributed by atoms with Crippen molar-refractivity contribution in [1.82, 2.24) is 9.97 Å². The number of carbonyl (C=O) groups is 2. The van der Waals surface area contributed by atoms with Crippen LogP contribution in [0.5, 0.6) is 0 Å². The molecule has 1 saturated carbocycles. The number of nitrogens with one attached hydrogen (secondary N) is 1. The van der Waals surface area contributed by atoms with Gasteiger partial charge >= 0.3 is 12.1 Å². The average molecular weight is 400 g/mol. The van der Waals surface area contributed by atoms with Crippen LogP contribution in [0.1, 0.15) is 25.7 Å². The van der Waals surface area contributed by atoms with E-state index in [-0.39, 0.29) is 17.7 Å². The Morgan fingerprint density at radius 2 is 2.07 bits per heavy atom. The highest BCUT2D eigenvalue weighted by Crippen LogP contribution is 2.29. The summed E-state index contributed by atoms with van der Waals surface area (Å²) in [5.74, 6) is -1.33. The molecule has 1 aliphatic heterocycles. The van der Waals surface area contributed by atoms with Gasteiger partial charge in [0, 0.05) is 17.3 Å². The predicted octanol–water partition coefficient (Wildman–Crippen LogP) is 3.29. The van der Waals surface area contributed by atoms with Gasteiger partial charge in [0.1, 0.15) is 12.3 Å². The number of halogens is 1. The van der Waals surface area contributed by atoms with E-state index in [0.29, 0.717) is 56.0 Å². The van der Waals surface area contributed by atoms with Gasteiger partial charge in [-0.05, 0) is 37.8 Å². The normalized spacial score (nSPS) is 21.7. The average Bonchev–Trinajstić information content (AvgIpc) is 3.16. The second-order valence-electron chi connectivity index (χ2n) is 7.24. The summed E-state index contributed by atoms with van der Waals surface area (Å²) in [5.41, 5.74) is 1.28. The third-order valence-corrected chi connectivity index (χ3v) is 5.35. The largest absolute Gasteiger partial charge is 0.481 e. The van der Waals surface area contributed by atoms with Crippen LogP contribution in [-0.2, 0) is 9.53 Å². The van der Waals surface area contributed by atoms with Crippen LogP contribution < -0.4 is 10.2 Å². The molecule has 2 fully saturated rings. The van der Waals surface area contributed by atoms with Crippen molar-refractivity contribution < 1.29 is 23.8 Å². The Morgan fingerprint density at radius 3 is 2.76 bits per heavy atom. The Hall–Kier alpha value is -3.23. The second kappa shape index (κ2) is 8.02. The number of nitrogens with zero attached hydrogens (tertiary/aromatic N) is 3. The lowest BCUT2D eigenvalue weighted by Gasteiger charge is -2.26. The molecule has 4 rings (SSSR count). The maximum absolute atomic E-state index is 14.4. The lowest BCUT2D eigenvalue weighted by atomic mass is 9.86. The number of carboxylic acid groups (broad SMARTS) is 1. The first-order chi connectivity index (χ1) is 14.0. The molecular formula is C20H21FN4O4. The summed E-state index contributed by atoms with van der Waals surface area (Å²) < 4.78 is 19.4. The molecule has 0 atom stereocenters. The third kappa shape index (κ3) is 4.13. The number of carboxylic acids is 1. The van der Waals surface area contributed by atoms with Crippen molar-refractivity contribution >= 4 is 23.7 Å². The number of hydrogen-bond acceptors (Lipinski definition) is 6. The number of rotatable bonds is 5. The van der Waals surface area contributed by atoms with Gasteiger partial charge in [0.2, 0.25) is 5.95 Å². The monoisotopic (exact) mass is 400 g/mol. The summed E-state index contributed by atoms with van der Waals surface area (Å²) in [6.07, 6.45) is 3.26. The van der Waals surface area contributed by atoms with Crippen LogP contribution >= 0.6 is 0 Å². The Morgan fingerprint density at radius 1 is 1.28 bits per heavy atom. The summed E-state index contributed by atoms with van der Waals surface area (Å²) in [5, 5.41) is 12.3. The van der Waals surface area contributed by atoms with Gasteiger partial charge in [0.15, 0.2) is 5.82 Å². The molecule has 2 heterocycles. The van der Waals surface area contributed by atoms with E-state index in [4.69, 9.17) is 9.84 Å².